The number of carbonyl (C=O) groups is 1. The van der Waals surface area contributed by atoms with Gasteiger partial charge in [0.25, 0.3) is 5.91 Å². The third-order valence-electron chi connectivity index (χ3n) is 4.22. The fourth-order valence-corrected chi connectivity index (χ4v) is 2.92. The number of H-pyrrole nitrogens is 1. The Balaban J connectivity index is 1.76. The van der Waals surface area contributed by atoms with Gasteiger partial charge in [0.2, 0.25) is 0 Å². The van der Waals surface area contributed by atoms with Gasteiger partial charge in [-0.3, -0.25) is 4.79 Å². The summed E-state index contributed by atoms with van der Waals surface area (Å²) >= 11 is 5.88. The second-order valence-corrected chi connectivity index (χ2v) is 6.17. The molecule has 1 saturated heterocycles. The van der Waals surface area contributed by atoms with Gasteiger partial charge in [0.1, 0.15) is 5.69 Å². The third-order valence-corrected chi connectivity index (χ3v) is 4.46. The van der Waals surface area contributed by atoms with Crippen LogP contribution in [-0.2, 0) is 0 Å². The second kappa shape index (κ2) is 5.42. The number of aromatic nitrogens is 1. The number of halogens is 4. The van der Waals surface area contributed by atoms with E-state index >= 15 is 0 Å². The molecule has 0 unspecified atom stereocenters. The van der Waals surface area contributed by atoms with E-state index in [1.807, 2.05) is 0 Å². The summed E-state index contributed by atoms with van der Waals surface area (Å²) in [6.45, 7) is -0.296. The summed E-state index contributed by atoms with van der Waals surface area (Å²) in [6, 6.07) is 6.75. The fraction of sp³-hybridized carbons (Fsp3) is 0.400. The van der Waals surface area contributed by atoms with Gasteiger partial charge in [-0.25, -0.2) is 0 Å². The number of likely N-dealkylation sites (tertiary alicyclic amines) is 1. The first kappa shape index (κ1) is 16.1. The number of aromatic amines is 1. The minimum absolute atomic E-state index is 0.148. The van der Waals surface area contributed by atoms with Crippen LogP contribution in [0.1, 0.15) is 23.3 Å². The van der Waals surface area contributed by atoms with E-state index in [4.69, 9.17) is 11.6 Å². The van der Waals surface area contributed by atoms with Gasteiger partial charge in [0.05, 0.1) is 0 Å². The lowest BCUT2D eigenvalue weighted by Crippen LogP contribution is -2.54. The molecule has 0 atom stereocenters. The van der Waals surface area contributed by atoms with E-state index < -0.39 is 24.6 Å². The molecule has 8 heteroatoms. The van der Waals surface area contributed by atoms with E-state index in [0.29, 0.717) is 16.2 Å². The van der Waals surface area contributed by atoms with Crippen LogP contribution in [0.3, 0.4) is 0 Å². The summed E-state index contributed by atoms with van der Waals surface area (Å²) in [6.07, 6.45) is -5.72. The molecule has 0 bridgehead atoms. The number of hydrogen-bond acceptors (Lipinski definition) is 2. The maximum absolute atomic E-state index is 12.8. The maximum atomic E-state index is 12.8. The molecule has 1 aromatic heterocycles. The van der Waals surface area contributed by atoms with E-state index in [9.17, 15) is 23.1 Å². The number of aliphatic hydroxyl groups is 1. The monoisotopic (exact) mass is 346 g/mol. The molecule has 1 fully saturated rings. The summed E-state index contributed by atoms with van der Waals surface area (Å²) in [5.41, 5.74) is -1.73. The SMILES string of the molecule is O=C(c1cc2ccc(Cl)cc2[nH]1)N1CCC(O)(C(F)(F)F)CC1. The van der Waals surface area contributed by atoms with Crippen LogP contribution in [0, 0.1) is 0 Å². The summed E-state index contributed by atoms with van der Waals surface area (Å²) in [5.74, 6) is -0.387. The Morgan fingerprint density at radius 1 is 1.26 bits per heavy atom. The molecule has 1 aliphatic heterocycles. The molecular weight excluding hydrogens is 333 g/mol. The average molecular weight is 347 g/mol. The molecule has 0 aliphatic carbocycles. The zero-order valence-corrected chi connectivity index (χ0v) is 12.7. The Hall–Kier alpha value is -1.73. The lowest BCUT2D eigenvalue weighted by atomic mass is 9.90. The molecule has 23 heavy (non-hydrogen) atoms. The van der Waals surface area contributed by atoms with Crippen molar-refractivity contribution < 1.29 is 23.1 Å². The third kappa shape index (κ3) is 2.90. The van der Waals surface area contributed by atoms with Crippen LogP contribution in [0.25, 0.3) is 10.9 Å². The van der Waals surface area contributed by atoms with Crippen molar-refractivity contribution in [2.75, 3.05) is 13.1 Å². The van der Waals surface area contributed by atoms with Crippen LogP contribution in [0.15, 0.2) is 24.3 Å². The Morgan fingerprint density at radius 3 is 2.52 bits per heavy atom. The minimum Gasteiger partial charge on any atom is -0.380 e. The number of rotatable bonds is 1. The molecule has 4 nitrogen and oxygen atoms in total. The smallest absolute Gasteiger partial charge is 0.380 e. The van der Waals surface area contributed by atoms with Crippen molar-refractivity contribution in [1.82, 2.24) is 9.88 Å². The predicted molar refractivity (Wildman–Crippen MR) is 79.5 cm³/mol. The predicted octanol–water partition coefficient (Wildman–Crippen LogP) is 3.35. The molecule has 2 N–H and O–H groups in total. The highest BCUT2D eigenvalue weighted by atomic mass is 35.5. The first-order chi connectivity index (χ1) is 10.7. The number of nitrogens with zero attached hydrogens (tertiary/aromatic N) is 1. The molecule has 124 valence electrons. The molecule has 2 aromatic rings. The topological polar surface area (TPSA) is 56.3 Å². The van der Waals surface area contributed by atoms with Gasteiger partial charge in [-0.2, -0.15) is 13.2 Å². The molecule has 2 heterocycles. The van der Waals surface area contributed by atoms with Crippen molar-refractivity contribution in [2.45, 2.75) is 24.6 Å². The standard InChI is InChI=1S/C15H14ClF3N2O2/c16-10-2-1-9-7-12(20-11(9)8-10)13(22)21-5-3-14(23,4-6-21)15(17,18)19/h1-2,7-8,20,23H,3-6H2. The summed E-state index contributed by atoms with van der Waals surface area (Å²) in [7, 11) is 0. The van der Waals surface area contributed by atoms with Crippen molar-refractivity contribution in [3.8, 4) is 0 Å². The van der Waals surface area contributed by atoms with Crippen LogP contribution < -0.4 is 0 Å². The van der Waals surface area contributed by atoms with Gasteiger partial charge < -0.3 is 15.0 Å². The molecule has 0 spiro atoms. The quantitative estimate of drug-likeness (QED) is 0.832. The Bertz CT molecular complexity index is 749. The lowest BCUT2D eigenvalue weighted by Gasteiger charge is -2.38. The van der Waals surface area contributed by atoms with Gasteiger partial charge in [0, 0.05) is 41.9 Å². The van der Waals surface area contributed by atoms with Crippen molar-refractivity contribution >= 4 is 28.4 Å². The number of hydrogen-bond donors (Lipinski definition) is 2. The normalized spacial score (nSPS) is 18.4. The van der Waals surface area contributed by atoms with Crippen LogP contribution in [0.4, 0.5) is 13.2 Å². The summed E-state index contributed by atoms with van der Waals surface area (Å²) in [5, 5.41) is 11.0. The summed E-state index contributed by atoms with van der Waals surface area (Å²) in [4.78, 5) is 16.6. The zero-order chi connectivity index (χ0) is 16.8. The van der Waals surface area contributed by atoms with E-state index in [2.05, 4.69) is 4.98 Å². The highest BCUT2D eigenvalue weighted by Gasteiger charge is 2.54. The Kier molecular flexibility index (Phi) is 3.80. The Labute approximate surface area is 134 Å². The van der Waals surface area contributed by atoms with Crippen molar-refractivity contribution in [3.63, 3.8) is 0 Å². The molecule has 3 rings (SSSR count). The number of piperidine rings is 1. The number of fused-ring (bicyclic) bond motifs is 1. The highest BCUT2D eigenvalue weighted by Crippen LogP contribution is 2.38. The van der Waals surface area contributed by atoms with Crippen LogP contribution in [0.2, 0.25) is 5.02 Å². The maximum Gasteiger partial charge on any atom is 0.417 e. The van der Waals surface area contributed by atoms with E-state index in [-0.39, 0.29) is 19.0 Å². The van der Waals surface area contributed by atoms with Crippen molar-refractivity contribution in [3.05, 3.63) is 35.0 Å². The Morgan fingerprint density at radius 2 is 1.91 bits per heavy atom. The van der Waals surface area contributed by atoms with E-state index in [1.54, 1.807) is 24.3 Å². The van der Waals surface area contributed by atoms with Crippen LogP contribution in [-0.4, -0.2) is 45.8 Å². The second-order valence-electron chi connectivity index (χ2n) is 5.74. The van der Waals surface area contributed by atoms with Gasteiger partial charge >= 0.3 is 6.18 Å². The molecule has 0 saturated carbocycles. The van der Waals surface area contributed by atoms with Gasteiger partial charge in [0.15, 0.2) is 5.60 Å². The number of carbonyl (C=O) groups excluding carboxylic acids is 1. The lowest BCUT2D eigenvalue weighted by molar-refractivity contribution is -0.271. The molecular formula is C15H14ClF3N2O2. The van der Waals surface area contributed by atoms with Crippen LogP contribution >= 0.6 is 11.6 Å². The zero-order valence-electron chi connectivity index (χ0n) is 12.0. The number of alkyl halides is 3. The number of amides is 1. The fourth-order valence-electron chi connectivity index (χ4n) is 2.75. The van der Waals surface area contributed by atoms with E-state index in [1.165, 1.54) is 4.90 Å². The van der Waals surface area contributed by atoms with Gasteiger partial charge in [-0.05, 0) is 18.2 Å². The van der Waals surface area contributed by atoms with Crippen molar-refractivity contribution in [1.29, 1.82) is 0 Å². The molecule has 1 amide bonds. The van der Waals surface area contributed by atoms with Gasteiger partial charge in [-0.1, -0.05) is 17.7 Å². The minimum atomic E-state index is -4.68. The van der Waals surface area contributed by atoms with Crippen molar-refractivity contribution in [2.24, 2.45) is 0 Å². The molecule has 1 aliphatic rings. The number of benzene rings is 1. The largest absolute Gasteiger partial charge is 0.417 e. The first-order valence-electron chi connectivity index (χ1n) is 7.06. The summed E-state index contributed by atoms with van der Waals surface area (Å²) < 4.78 is 38.3. The van der Waals surface area contributed by atoms with E-state index in [0.717, 1.165) is 5.39 Å². The first-order valence-corrected chi connectivity index (χ1v) is 7.44. The highest BCUT2D eigenvalue weighted by molar-refractivity contribution is 6.31. The molecule has 0 radical (unpaired) electrons. The number of nitrogens with one attached hydrogen (secondary N) is 1. The van der Waals surface area contributed by atoms with Crippen LogP contribution in [0.5, 0.6) is 0 Å². The van der Waals surface area contributed by atoms with Gasteiger partial charge in [-0.15, -0.1) is 0 Å². The average Bonchev–Trinajstić information content (AvgIpc) is 2.89. The molecule has 1 aromatic carbocycles.